The standard InChI is InChI=1S/C17H26O2/c1-5-17-9-12-6-13(10-17)8-14(7-12)16(17,4)19-15(18)11(2)3/h12-14H,2,5-10H2,1,3-4H3. The van der Waals surface area contributed by atoms with Crippen LogP contribution in [0.4, 0.5) is 0 Å². The Bertz CT molecular complexity index is 411. The molecule has 4 bridgehead atoms. The Kier molecular flexibility index (Phi) is 2.85. The average molecular weight is 262 g/mol. The molecule has 4 fully saturated rings. The van der Waals surface area contributed by atoms with Gasteiger partial charge in [-0.1, -0.05) is 13.5 Å². The first kappa shape index (κ1) is 13.2. The van der Waals surface area contributed by atoms with Crippen molar-refractivity contribution in [3.05, 3.63) is 12.2 Å². The van der Waals surface area contributed by atoms with E-state index in [0.29, 0.717) is 11.5 Å². The molecule has 4 saturated carbocycles. The van der Waals surface area contributed by atoms with E-state index in [2.05, 4.69) is 20.4 Å². The molecule has 4 aliphatic carbocycles. The summed E-state index contributed by atoms with van der Waals surface area (Å²) in [5, 5.41) is 0. The second-order valence-electron chi connectivity index (χ2n) is 7.46. The molecule has 0 amide bonds. The Morgan fingerprint density at radius 1 is 1.26 bits per heavy atom. The molecule has 3 unspecified atom stereocenters. The topological polar surface area (TPSA) is 26.3 Å². The van der Waals surface area contributed by atoms with E-state index in [0.717, 1.165) is 18.3 Å². The highest BCUT2D eigenvalue weighted by Crippen LogP contribution is 2.66. The van der Waals surface area contributed by atoms with E-state index >= 15 is 0 Å². The molecule has 106 valence electrons. The molecule has 4 aliphatic rings. The third-order valence-electron chi connectivity index (χ3n) is 6.42. The molecule has 3 atom stereocenters. The first-order valence-corrected chi connectivity index (χ1v) is 7.79. The van der Waals surface area contributed by atoms with Crippen LogP contribution in [0.15, 0.2) is 12.2 Å². The zero-order chi connectivity index (χ0) is 13.8. The van der Waals surface area contributed by atoms with Crippen LogP contribution in [0, 0.1) is 23.2 Å². The number of carbonyl (C=O) groups excluding carboxylic acids is 1. The van der Waals surface area contributed by atoms with E-state index in [1.165, 1.54) is 32.1 Å². The third-order valence-corrected chi connectivity index (χ3v) is 6.42. The van der Waals surface area contributed by atoms with Crippen LogP contribution in [0.1, 0.15) is 59.3 Å². The molecule has 0 N–H and O–H groups in total. The number of hydrogen-bond acceptors (Lipinski definition) is 2. The first-order chi connectivity index (χ1) is 8.90. The Hall–Kier alpha value is -0.790. The summed E-state index contributed by atoms with van der Waals surface area (Å²) >= 11 is 0. The summed E-state index contributed by atoms with van der Waals surface area (Å²) in [7, 11) is 0. The molecular formula is C17H26O2. The van der Waals surface area contributed by atoms with E-state index < -0.39 is 0 Å². The van der Waals surface area contributed by atoms with Crippen molar-refractivity contribution < 1.29 is 9.53 Å². The van der Waals surface area contributed by atoms with Crippen LogP contribution in [0.5, 0.6) is 0 Å². The van der Waals surface area contributed by atoms with Gasteiger partial charge in [0.2, 0.25) is 0 Å². The average Bonchev–Trinajstić information content (AvgIpc) is 2.35. The highest BCUT2D eigenvalue weighted by atomic mass is 16.6. The summed E-state index contributed by atoms with van der Waals surface area (Å²) in [6.07, 6.45) is 7.60. The van der Waals surface area contributed by atoms with Crippen LogP contribution in [0.2, 0.25) is 0 Å². The van der Waals surface area contributed by atoms with Crippen molar-refractivity contribution in [2.45, 2.75) is 64.9 Å². The fourth-order valence-corrected chi connectivity index (χ4v) is 5.49. The molecule has 0 aromatic carbocycles. The van der Waals surface area contributed by atoms with Gasteiger partial charge in [0.15, 0.2) is 0 Å². The largest absolute Gasteiger partial charge is 0.455 e. The molecule has 0 radical (unpaired) electrons. The predicted molar refractivity (Wildman–Crippen MR) is 75.6 cm³/mol. The maximum atomic E-state index is 12.1. The van der Waals surface area contributed by atoms with Gasteiger partial charge in [0, 0.05) is 11.0 Å². The molecule has 0 aromatic heterocycles. The van der Waals surface area contributed by atoms with Crippen molar-refractivity contribution in [3.8, 4) is 0 Å². The number of rotatable bonds is 3. The van der Waals surface area contributed by atoms with Crippen molar-refractivity contribution in [1.82, 2.24) is 0 Å². The van der Waals surface area contributed by atoms with Crippen LogP contribution in [-0.2, 0) is 9.53 Å². The molecule has 2 heteroatoms. The van der Waals surface area contributed by atoms with Gasteiger partial charge in [0.1, 0.15) is 5.60 Å². The minimum atomic E-state index is -0.259. The lowest BCUT2D eigenvalue weighted by atomic mass is 9.42. The Morgan fingerprint density at radius 3 is 2.32 bits per heavy atom. The zero-order valence-electron chi connectivity index (χ0n) is 12.5. The lowest BCUT2D eigenvalue weighted by Crippen LogP contribution is -2.64. The maximum absolute atomic E-state index is 12.1. The molecule has 2 nitrogen and oxygen atoms in total. The highest BCUT2D eigenvalue weighted by molar-refractivity contribution is 5.87. The Labute approximate surface area is 116 Å². The Morgan fingerprint density at radius 2 is 1.84 bits per heavy atom. The fourth-order valence-electron chi connectivity index (χ4n) is 5.49. The lowest BCUT2D eigenvalue weighted by molar-refractivity contribution is -0.238. The van der Waals surface area contributed by atoms with Crippen LogP contribution >= 0.6 is 0 Å². The summed E-state index contributed by atoms with van der Waals surface area (Å²) in [6.45, 7) is 9.98. The predicted octanol–water partition coefficient (Wildman–Crippen LogP) is 4.10. The third kappa shape index (κ3) is 1.71. The molecule has 0 heterocycles. The van der Waals surface area contributed by atoms with Gasteiger partial charge >= 0.3 is 5.97 Å². The van der Waals surface area contributed by atoms with Crippen molar-refractivity contribution in [2.24, 2.45) is 23.2 Å². The first-order valence-electron chi connectivity index (χ1n) is 7.79. The van der Waals surface area contributed by atoms with Gasteiger partial charge in [-0.15, -0.1) is 0 Å². The minimum Gasteiger partial charge on any atom is -0.455 e. The van der Waals surface area contributed by atoms with Crippen molar-refractivity contribution in [1.29, 1.82) is 0 Å². The monoisotopic (exact) mass is 262 g/mol. The van der Waals surface area contributed by atoms with Gasteiger partial charge in [-0.25, -0.2) is 4.79 Å². The van der Waals surface area contributed by atoms with E-state index in [1.54, 1.807) is 6.92 Å². The summed E-state index contributed by atoms with van der Waals surface area (Å²) < 4.78 is 6.03. The molecule has 0 saturated heterocycles. The maximum Gasteiger partial charge on any atom is 0.333 e. The molecule has 0 aliphatic heterocycles. The number of ether oxygens (including phenoxy) is 1. The van der Waals surface area contributed by atoms with Crippen molar-refractivity contribution in [2.75, 3.05) is 0 Å². The highest BCUT2D eigenvalue weighted by Gasteiger charge is 2.64. The van der Waals surface area contributed by atoms with E-state index in [4.69, 9.17) is 4.74 Å². The number of esters is 1. The normalized spacial score (nSPS) is 47.2. The molecular weight excluding hydrogens is 236 g/mol. The van der Waals surface area contributed by atoms with E-state index in [-0.39, 0.29) is 17.0 Å². The van der Waals surface area contributed by atoms with Gasteiger partial charge < -0.3 is 4.74 Å². The van der Waals surface area contributed by atoms with E-state index in [9.17, 15) is 4.79 Å². The van der Waals surface area contributed by atoms with Gasteiger partial charge in [0.25, 0.3) is 0 Å². The number of hydrogen-bond donors (Lipinski definition) is 0. The van der Waals surface area contributed by atoms with Gasteiger partial charge in [-0.2, -0.15) is 0 Å². The van der Waals surface area contributed by atoms with Crippen molar-refractivity contribution in [3.63, 3.8) is 0 Å². The van der Waals surface area contributed by atoms with Crippen LogP contribution in [0.3, 0.4) is 0 Å². The quantitative estimate of drug-likeness (QED) is 0.565. The molecule has 0 spiro atoms. The minimum absolute atomic E-state index is 0.192. The van der Waals surface area contributed by atoms with Gasteiger partial charge in [-0.3, -0.25) is 0 Å². The summed E-state index contributed by atoms with van der Waals surface area (Å²) in [4.78, 5) is 12.1. The van der Waals surface area contributed by atoms with Gasteiger partial charge in [0.05, 0.1) is 0 Å². The van der Waals surface area contributed by atoms with Crippen LogP contribution in [0.25, 0.3) is 0 Å². The summed E-state index contributed by atoms with van der Waals surface area (Å²) in [5.74, 6) is 2.15. The fraction of sp³-hybridized carbons (Fsp3) is 0.824. The van der Waals surface area contributed by atoms with E-state index in [1.807, 2.05) is 0 Å². The SMILES string of the molecule is C=C(C)C(=O)OC1(C)C2CC3CC(C2)CC1(CC)C3. The lowest BCUT2D eigenvalue weighted by Gasteiger charge is -2.65. The van der Waals surface area contributed by atoms with Crippen LogP contribution in [-0.4, -0.2) is 11.6 Å². The zero-order valence-corrected chi connectivity index (χ0v) is 12.5. The molecule has 4 rings (SSSR count). The second kappa shape index (κ2) is 4.10. The molecule has 19 heavy (non-hydrogen) atoms. The Balaban J connectivity index is 1.94. The van der Waals surface area contributed by atoms with Crippen LogP contribution < -0.4 is 0 Å². The summed E-state index contributed by atoms with van der Waals surface area (Å²) in [6, 6.07) is 0. The van der Waals surface area contributed by atoms with Crippen molar-refractivity contribution >= 4 is 5.97 Å². The number of carbonyl (C=O) groups is 1. The molecule has 0 aromatic rings. The smallest absolute Gasteiger partial charge is 0.333 e. The van der Waals surface area contributed by atoms with Gasteiger partial charge in [-0.05, 0) is 70.1 Å². The second-order valence-corrected chi connectivity index (χ2v) is 7.46. The summed E-state index contributed by atoms with van der Waals surface area (Å²) in [5.41, 5.74) is 0.499.